The van der Waals surface area contributed by atoms with Gasteiger partial charge >= 0.3 is 11.9 Å². The second-order valence-electron chi connectivity index (χ2n) is 8.76. The SMILES string of the molecule is C=CCOC(=O)CCCC=CC[C@@H]1[C@@H](COc2cccc(OC(=O)c3ccccc3)c2)[C@H](O)C[C@H]1Cl. The highest BCUT2D eigenvalue weighted by atomic mass is 35.5. The van der Waals surface area contributed by atoms with Crippen molar-refractivity contribution in [2.75, 3.05) is 13.2 Å². The van der Waals surface area contributed by atoms with Crippen molar-refractivity contribution in [2.45, 2.75) is 43.6 Å². The van der Waals surface area contributed by atoms with Gasteiger partial charge in [0.2, 0.25) is 0 Å². The summed E-state index contributed by atoms with van der Waals surface area (Å²) >= 11 is 6.54. The largest absolute Gasteiger partial charge is 0.493 e. The van der Waals surface area contributed by atoms with E-state index in [1.54, 1.807) is 54.6 Å². The quantitative estimate of drug-likeness (QED) is 0.121. The maximum Gasteiger partial charge on any atom is 0.343 e. The van der Waals surface area contributed by atoms with Crippen LogP contribution in [0.4, 0.5) is 0 Å². The molecule has 7 heteroatoms. The third-order valence-electron chi connectivity index (χ3n) is 6.13. The summed E-state index contributed by atoms with van der Waals surface area (Å²) in [5.41, 5.74) is 0.467. The van der Waals surface area contributed by atoms with Gasteiger partial charge in [0.25, 0.3) is 0 Å². The summed E-state index contributed by atoms with van der Waals surface area (Å²) in [5, 5.41) is 10.4. The van der Waals surface area contributed by atoms with Crippen molar-refractivity contribution in [1.29, 1.82) is 0 Å². The second-order valence-corrected chi connectivity index (χ2v) is 9.32. The maximum absolute atomic E-state index is 12.3. The van der Waals surface area contributed by atoms with E-state index < -0.39 is 12.1 Å². The first-order valence-electron chi connectivity index (χ1n) is 12.2. The molecule has 6 nitrogen and oxygen atoms in total. The van der Waals surface area contributed by atoms with E-state index in [9.17, 15) is 14.7 Å². The Bertz CT molecular complexity index is 1020. The van der Waals surface area contributed by atoms with Crippen LogP contribution in [0.25, 0.3) is 0 Å². The number of aliphatic hydroxyl groups excluding tert-OH is 1. The van der Waals surface area contributed by atoms with Crippen LogP contribution in [0.1, 0.15) is 42.5 Å². The number of allylic oxidation sites excluding steroid dienone is 2. The van der Waals surface area contributed by atoms with Crippen LogP contribution in [0.15, 0.2) is 79.4 Å². The minimum atomic E-state index is -0.551. The van der Waals surface area contributed by atoms with Crippen LogP contribution in [0, 0.1) is 11.8 Å². The molecule has 0 aromatic heterocycles. The highest BCUT2D eigenvalue weighted by Crippen LogP contribution is 2.39. The van der Waals surface area contributed by atoms with Crippen LogP contribution in [-0.4, -0.2) is 41.7 Å². The fraction of sp³-hybridized carbons (Fsp3) is 0.379. The summed E-state index contributed by atoms with van der Waals surface area (Å²) in [7, 11) is 0. The Kier molecular flexibility index (Phi) is 11.0. The van der Waals surface area contributed by atoms with E-state index >= 15 is 0 Å². The van der Waals surface area contributed by atoms with Gasteiger partial charge in [-0.2, -0.15) is 0 Å². The van der Waals surface area contributed by atoms with Crippen LogP contribution in [-0.2, 0) is 9.53 Å². The van der Waals surface area contributed by atoms with Crippen molar-refractivity contribution >= 4 is 23.5 Å². The van der Waals surface area contributed by atoms with Crippen LogP contribution in [0.3, 0.4) is 0 Å². The number of hydrogen-bond acceptors (Lipinski definition) is 6. The van der Waals surface area contributed by atoms with E-state index in [0.29, 0.717) is 42.9 Å². The van der Waals surface area contributed by atoms with Crippen molar-refractivity contribution in [2.24, 2.45) is 11.8 Å². The Balaban J connectivity index is 1.48. The third kappa shape index (κ3) is 8.54. The molecule has 0 bridgehead atoms. The standard InChI is InChI=1S/C29H33ClO6/c1-2-17-34-28(32)16-9-4-3-8-15-24-25(27(31)19-26(24)30)20-35-22-13-10-14-23(18-22)36-29(33)21-11-6-5-7-12-21/h2-3,5-8,10-14,18,24-27,31H,1,4,9,15-17,19-20H2/t24-,25-,26-,27-/m1/s1. The van der Waals surface area contributed by atoms with Gasteiger partial charge in [0.1, 0.15) is 18.1 Å². The Labute approximate surface area is 217 Å². The molecule has 1 N–H and O–H groups in total. The van der Waals surface area contributed by atoms with Crippen LogP contribution >= 0.6 is 11.6 Å². The van der Waals surface area contributed by atoms with Gasteiger partial charge in [-0.05, 0) is 55.9 Å². The molecule has 36 heavy (non-hydrogen) atoms. The molecular weight excluding hydrogens is 480 g/mol. The summed E-state index contributed by atoms with van der Waals surface area (Å²) in [6, 6.07) is 15.7. The number of esters is 2. The average molecular weight is 513 g/mol. The summed E-state index contributed by atoms with van der Waals surface area (Å²) in [5.74, 6) is 0.215. The molecule has 0 aliphatic heterocycles. The number of hydrogen-bond donors (Lipinski definition) is 1. The minimum absolute atomic E-state index is 0.0644. The van der Waals surface area contributed by atoms with E-state index in [2.05, 4.69) is 12.7 Å². The lowest BCUT2D eigenvalue weighted by Crippen LogP contribution is -2.27. The Morgan fingerprint density at radius 1 is 1.06 bits per heavy atom. The highest BCUT2D eigenvalue weighted by Gasteiger charge is 2.41. The molecule has 1 aliphatic rings. The summed E-state index contributed by atoms with van der Waals surface area (Å²) < 4.78 is 16.4. The zero-order valence-corrected chi connectivity index (χ0v) is 21.0. The predicted molar refractivity (Wildman–Crippen MR) is 139 cm³/mol. The van der Waals surface area contributed by atoms with Gasteiger partial charge in [0.15, 0.2) is 0 Å². The van der Waals surface area contributed by atoms with Gasteiger partial charge in [-0.15, -0.1) is 11.6 Å². The zero-order valence-electron chi connectivity index (χ0n) is 20.3. The average Bonchev–Trinajstić information content (AvgIpc) is 3.15. The van der Waals surface area contributed by atoms with Crippen molar-refractivity contribution in [3.63, 3.8) is 0 Å². The Hall–Kier alpha value is -3.09. The maximum atomic E-state index is 12.3. The molecule has 0 saturated heterocycles. The van der Waals surface area contributed by atoms with E-state index in [4.69, 9.17) is 25.8 Å². The molecule has 0 unspecified atom stereocenters. The van der Waals surface area contributed by atoms with Crippen molar-refractivity contribution in [1.82, 2.24) is 0 Å². The minimum Gasteiger partial charge on any atom is -0.493 e. The van der Waals surface area contributed by atoms with Crippen molar-refractivity contribution < 1.29 is 28.9 Å². The number of aliphatic hydroxyl groups is 1. The third-order valence-corrected chi connectivity index (χ3v) is 6.63. The fourth-order valence-corrected chi connectivity index (χ4v) is 4.68. The number of carbonyl (C=O) groups excluding carboxylic acids is 2. The van der Waals surface area contributed by atoms with Gasteiger partial charge in [-0.25, -0.2) is 4.79 Å². The number of rotatable bonds is 13. The molecule has 2 aromatic rings. The smallest absolute Gasteiger partial charge is 0.343 e. The highest BCUT2D eigenvalue weighted by molar-refractivity contribution is 6.21. The molecule has 2 aromatic carbocycles. The van der Waals surface area contributed by atoms with Crippen LogP contribution in [0.5, 0.6) is 11.5 Å². The molecule has 1 fully saturated rings. The van der Waals surface area contributed by atoms with E-state index in [1.807, 2.05) is 12.1 Å². The molecule has 0 radical (unpaired) electrons. The lowest BCUT2D eigenvalue weighted by atomic mass is 9.92. The van der Waals surface area contributed by atoms with Gasteiger partial charge in [0.05, 0.1) is 18.3 Å². The number of ether oxygens (including phenoxy) is 3. The van der Waals surface area contributed by atoms with Crippen molar-refractivity contribution in [3.8, 4) is 11.5 Å². The molecule has 0 spiro atoms. The van der Waals surface area contributed by atoms with E-state index in [0.717, 1.165) is 12.8 Å². The molecule has 3 rings (SSSR count). The molecule has 192 valence electrons. The van der Waals surface area contributed by atoms with Crippen LogP contribution < -0.4 is 9.47 Å². The fourth-order valence-electron chi connectivity index (χ4n) is 4.21. The number of unbranched alkanes of at least 4 members (excludes halogenated alkanes) is 1. The lowest BCUT2D eigenvalue weighted by Gasteiger charge is -2.22. The van der Waals surface area contributed by atoms with E-state index in [-0.39, 0.29) is 29.8 Å². The van der Waals surface area contributed by atoms with Gasteiger partial charge in [-0.1, -0.05) is 49.1 Å². The molecule has 4 atom stereocenters. The first kappa shape index (κ1) is 27.5. The monoisotopic (exact) mass is 512 g/mol. The van der Waals surface area contributed by atoms with Crippen molar-refractivity contribution in [3.05, 3.63) is 85.0 Å². The Morgan fingerprint density at radius 3 is 2.61 bits per heavy atom. The van der Waals surface area contributed by atoms with Gasteiger partial charge < -0.3 is 19.3 Å². The number of alkyl halides is 1. The molecule has 1 aliphatic carbocycles. The first-order chi connectivity index (χ1) is 17.5. The summed E-state index contributed by atoms with van der Waals surface area (Å²) in [6.07, 6.45) is 8.17. The molecule has 0 heterocycles. The molecule has 1 saturated carbocycles. The van der Waals surface area contributed by atoms with Crippen LogP contribution in [0.2, 0.25) is 0 Å². The van der Waals surface area contributed by atoms with E-state index in [1.165, 1.54) is 0 Å². The summed E-state index contributed by atoms with van der Waals surface area (Å²) in [4.78, 5) is 23.8. The predicted octanol–water partition coefficient (Wildman–Crippen LogP) is 5.73. The Morgan fingerprint density at radius 2 is 1.83 bits per heavy atom. The van der Waals surface area contributed by atoms with Gasteiger partial charge in [0, 0.05) is 23.8 Å². The number of benzene rings is 2. The zero-order chi connectivity index (χ0) is 25.8. The normalized spacial score (nSPS) is 21.3. The number of halogens is 1. The van der Waals surface area contributed by atoms with Gasteiger partial charge in [-0.3, -0.25) is 4.79 Å². The summed E-state index contributed by atoms with van der Waals surface area (Å²) in [6.45, 7) is 4.06. The second kappa shape index (κ2) is 14.5. The first-order valence-corrected chi connectivity index (χ1v) is 12.6. The molecule has 0 amide bonds. The number of carbonyl (C=O) groups is 2. The lowest BCUT2D eigenvalue weighted by molar-refractivity contribution is -0.142. The molecular formula is C29H33ClO6. The topological polar surface area (TPSA) is 82.1 Å².